The quantitative estimate of drug-likeness (QED) is 0.729. The van der Waals surface area contributed by atoms with Crippen LogP contribution in [0.5, 0.6) is 0 Å². The van der Waals surface area contributed by atoms with Crippen LogP contribution in [0.2, 0.25) is 5.02 Å². The van der Waals surface area contributed by atoms with Gasteiger partial charge in [-0.1, -0.05) is 11.6 Å². The van der Waals surface area contributed by atoms with E-state index in [1.54, 1.807) is 12.1 Å². The molecular weight excluding hydrogens is 264 g/mol. The highest BCUT2D eigenvalue weighted by Gasteiger charge is 2.20. The number of primary amides is 1. The molecule has 1 aromatic rings. The molecular formula is C13H19ClN4O. The summed E-state index contributed by atoms with van der Waals surface area (Å²) >= 11 is 6.13. The van der Waals surface area contributed by atoms with E-state index in [1.165, 1.54) is 0 Å². The van der Waals surface area contributed by atoms with Gasteiger partial charge in [-0.2, -0.15) is 0 Å². The number of amides is 1. The third-order valence-corrected chi connectivity index (χ3v) is 3.73. The van der Waals surface area contributed by atoms with Crippen molar-refractivity contribution < 1.29 is 4.79 Å². The summed E-state index contributed by atoms with van der Waals surface area (Å²) in [7, 11) is 2.10. The van der Waals surface area contributed by atoms with Crippen LogP contribution in [0.1, 0.15) is 16.8 Å². The minimum absolute atomic E-state index is 0.344. The summed E-state index contributed by atoms with van der Waals surface area (Å²) < 4.78 is 0. The summed E-state index contributed by atoms with van der Waals surface area (Å²) in [6.07, 6.45) is 1.14. The fourth-order valence-electron chi connectivity index (χ4n) is 2.44. The second kappa shape index (κ2) is 5.67. The van der Waals surface area contributed by atoms with Crippen molar-refractivity contribution >= 4 is 28.9 Å². The van der Waals surface area contributed by atoms with Crippen molar-refractivity contribution in [3.63, 3.8) is 0 Å². The lowest BCUT2D eigenvalue weighted by atomic mass is 10.1. The van der Waals surface area contributed by atoms with E-state index in [2.05, 4.69) is 17.3 Å². The predicted octanol–water partition coefficient (Wildman–Crippen LogP) is 1.38. The molecule has 0 spiro atoms. The molecule has 1 heterocycles. The van der Waals surface area contributed by atoms with E-state index >= 15 is 0 Å². The van der Waals surface area contributed by atoms with Crippen molar-refractivity contribution in [1.29, 1.82) is 0 Å². The highest BCUT2D eigenvalue weighted by Crippen LogP contribution is 2.29. The first-order valence-electron chi connectivity index (χ1n) is 6.28. The molecule has 19 heavy (non-hydrogen) atoms. The predicted molar refractivity (Wildman–Crippen MR) is 78.5 cm³/mol. The molecule has 1 aromatic carbocycles. The maximum Gasteiger partial charge on any atom is 0.250 e. The second-order valence-corrected chi connectivity index (χ2v) is 5.49. The number of hydrogen-bond acceptors (Lipinski definition) is 4. The summed E-state index contributed by atoms with van der Waals surface area (Å²) in [6, 6.07) is 3.18. The van der Waals surface area contributed by atoms with Crippen molar-refractivity contribution in [2.75, 3.05) is 37.7 Å². The Kier molecular flexibility index (Phi) is 4.17. The van der Waals surface area contributed by atoms with Crippen LogP contribution in [0.25, 0.3) is 0 Å². The highest BCUT2D eigenvalue weighted by atomic mass is 35.5. The number of anilines is 2. The molecule has 0 radical (unpaired) electrons. The lowest BCUT2D eigenvalue weighted by Crippen LogP contribution is -2.21. The number of likely N-dealkylation sites (tertiary alicyclic amines) is 1. The van der Waals surface area contributed by atoms with Gasteiger partial charge in [0.25, 0.3) is 5.91 Å². The average molecular weight is 283 g/mol. The largest absolute Gasteiger partial charge is 0.399 e. The molecule has 104 valence electrons. The Morgan fingerprint density at radius 2 is 2.32 bits per heavy atom. The van der Waals surface area contributed by atoms with Crippen LogP contribution in [0.3, 0.4) is 0 Å². The number of hydrogen-bond donors (Lipinski definition) is 3. The zero-order chi connectivity index (χ0) is 14.0. The average Bonchev–Trinajstić information content (AvgIpc) is 2.73. The number of carbonyl (C=O) groups is 1. The number of nitrogens with two attached hydrogens (primary N) is 2. The van der Waals surface area contributed by atoms with E-state index < -0.39 is 5.91 Å². The minimum Gasteiger partial charge on any atom is -0.399 e. The summed E-state index contributed by atoms with van der Waals surface area (Å²) in [5, 5.41) is 3.67. The van der Waals surface area contributed by atoms with Gasteiger partial charge in [0.15, 0.2) is 0 Å². The van der Waals surface area contributed by atoms with Gasteiger partial charge in [-0.15, -0.1) is 0 Å². The molecule has 1 unspecified atom stereocenters. The maximum absolute atomic E-state index is 11.4. The van der Waals surface area contributed by atoms with E-state index in [1.807, 2.05) is 0 Å². The van der Waals surface area contributed by atoms with E-state index in [0.29, 0.717) is 27.9 Å². The molecule has 5 N–H and O–H groups in total. The zero-order valence-corrected chi connectivity index (χ0v) is 11.7. The van der Waals surface area contributed by atoms with Crippen LogP contribution >= 0.6 is 11.6 Å². The van der Waals surface area contributed by atoms with E-state index in [0.717, 1.165) is 26.1 Å². The molecule has 1 aliphatic heterocycles. The minimum atomic E-state index is -0.528. The first-order chi connectivity index (χ1) is 8.97. The number of nitrogens with one attached hydrogen (secondary N) is 1. The van der Waals surface area contributed by atoms with Crippen LogP contribution < -0.4 is 16.8 Å². The van der Waals surface area contributed by atoms with Crippen LogP contribution in [-0.2, 0) is 0 Å². The molecule has 1 saturated heterocycles. The van der Waals surface area contributed by atoms with Crippen LogP contribution in [0, 0.1) is 5.92 Å². The number of nitrogens with zero attached hydrogens (tertiary/aromatic N) is 1. The molecule has 6 heteroatoms. The lowest BCUT2D eigenvalue weighted by Gasteiger charge is -2.16. The van der Waals surface area contributed by atoms with Gasteiger partial charge in [-0.05, 0) is 38.1 Å². The summed E-state index contributed by atoms with van der Waals surface area (Å²) in [5.74, 6) is 0.0274. The zero-order valence-electron chi connectivity index (χ0n) is 10.9. The molecule has 1 fully saturated rings. The summed E-state index contributed by atoms with van der Waals surface area (Å²) in [4.78, 5) is 13.7. The summed E-state index contributed by atoms with van der Waals surface area (Å²) in [5.41, 5.74) is 12.4. The standard InChI is InChI=1S/C13H19ClN4O/c1-18-3-2-8(7-18)6-17-12-10(13(16)19)4-9(15)5-11(12)14/h4-5,8,17H,2-3,6-7,15H2,1H3,(H2,16,19). The van der Waals surface area contributed by atoms with Crippen molar-refractivity contribution in [3.8, 4) is 0 Å². The second-order valence-electron chi connectivity index (χ2n) is 5.09. The highest BCUT2D eigenvalue weighted by molar-refractivity contribution is 6.34. The van der Waals surface area contributed by atoms with Gasteiger partial charge in [0.05, 0.1) is 16.3 Å². The molecule has 0 saturated carbocycles. The Balaban J connectivity index is 2.13. The lowest BCUT2D eigenvalue weighted by molar-refractivity contribution is 0.100. The number of nitrogen functional groups attached to an aromatic ring is 1. The van der Waals surface area contributed by atoms with Crippen molar-refractivity contribution in [1.82, 2.24) is 4.90 Å². The topological polar surface area (TPSA) is 84.4 Å². The van der Waals surface area contributed by atoms with Gasteiger partial charge in [-0.25, -0.2) is 0 Å². The van der Waals surface area contributed by atoms with E-state index in [9.17, 15) is 4.79 Å². The van der Waals surface area contributed by atoms with Gasteiger partial charge >= 0.3 is 0 Å². The molecule has 0 aromatic heterocycles. The SMILES string of the molecule is CN1CCC(CNc2c(Cl)cc(N)cc2C(N)=O)C1. The van der Waals surface area contributed by atoms with Crippen molar-refractivity contribution in [2.24, 2.45) is 11.7 Å². The molecule has 1 amide bonds. The summed E-state index contributed by atoms with van der Waals surface area (Å²) in [6.45, 7) is 2.92. The molecule has 1 aliphatic rings. The Morgan fingerprint density at radius 3 is 2.89 bits per heavy atom. The number of rotatable bonds is 4. The van der Waals surface area contributed by atoms with Crippen molar-refractivity contribution in [2.45, 2.75) is 6.42 Å². The number of carbonyl (C=O) groups excluding carboxylic acids is 1. The van der Waals surface area contributed by atoms with Crippen LogP contribution in [0.15, 0.2) is 12.1 Å². The van der Waals surface area contributed by atoms with E-state index in [4.69, 9.17) is 23.1 Å². The maximum atomic E-state index is 11.4. The molecule has 5 nitrogen and oxygen atoms in total. The number of halogens is 1. The van der Waals surface area contributed by atoms with Crippen LogP contribution in [-0.4, -0.2) is 37.5 Å². The fraction of sp³-hybridized carbons (Fsp3) is 0.462. The Morgan fingerprint density at radius 1 is 1.58 bits per heavy atom. The smallest absolute Gasteiger partial charge is 0.250 e. The Bertz CT molecular complexity index is 492. The van der Waals surface area contributed by atoms with E-state index in [-0.39, 0.29) is 0 Å². The Hall–Kier alpha value is -1.46. The normalized spacial score (nSPS) is 19.6. The third-order valence-electron chi connectivity index (χ3n) is 3.43. The molecule has 2 rings (SSSR count). The molecule has 0 aliphatic carbocycles. The molecule has 0 bridgehead atoms. The van der Waals surface area contributed by atoms with Crippen LogP contribution in [0.4, 0.5) is 11.4 Å². The fourth-order valence-corrected chi connectivity index (χ4v) is 2.74. The Labute approximate surface area is 117 Å². The van der Waals surface area contributed by atoms with Gasteiger partial charge in [0.2, 0.25) is 0 Å². The first-order valence-corrected chi connectivity index (χ1v) is 6.66. The number of benzene rings is 1. The third kappa shape index (κ3) is 3.30. The van der Waals surface area contributed by atoms with Crippen molar-refractivity contribution in [3.05, 3.63) is 22.7 Å². The molecule has 1 atom stereocenters. The first kappa shape index (κ1) is 14.0. The van der Waals surface area contributed by atoms with Gasteiger partial charge in [-0.3, -0.25) is 4.79 Å². The van der Waals surface area contributed by atoms with Gasteiger partial charge in [0, 0.05) is 18.8 Å². The van der Waals surface area contributed by atoms with Gasteiger partial charge in [0.1, 0.15) is 0 Å². The monoisotopic (exact) mass is 282 g/mol. The van der Waals surface area contributed by atoms with Gasteiger partial charge < -0.3 is 21.7 Å².